The molecule has 0 aliphatic rings. The molecule has 0 aliphatic carbocycles. The van der Waals surface area contributed by atoms with E-state index in [1.54, 1.807) is 24.3 Å². The van der Waals surface area contributed by atoms with Crippen molar-refractivity contribution in [2.45, 2.75) is 19.8 Å². The molecule has 33 heavy (non-hydrogen) atoms. The molecule has 3 amide bonds. The number of amides is 3. The number of carbonyl (C=O) groups is 3. The molecule has 0 atom stereocenters. The number of hydrazine groups is 1. The van der Waals surface area contributed by atoms with E-state index < -0.39 is 22.4 Å². The zero-order valence-electron chi connectivity index (χ0n) is 17.3. The Morgan fingerprint density at radius 2 is 1.73 bits per heavy atom. The average Bonchev–Trinajstić information content (AvgIpc) is 2.77. The van der Waals surface area contributed by atoms with Crippen LogP contribution in [0.5, 0.6) is 5.75 Å². The quantitative estimate of drug-likeness (QED) is 0.249. The molecule has 0 unspecified atom stereocenters. The zero-order valence-corrected chi connectivity index (χ0v) is 18.9. The van der Waals surface area contributed by atoms with Gasteiger partial charge >= 0.3 is 0 Å². The van der Waals surface area contributed by atoms with Crippen molar-refractivity contribution in [3.05, 3.63) is 63.2 Å². The molecule has 2 aromatic carbocycles. The highest BCUT2D eigenvalue weighted by Crippen LogP contribution is 2.25. The fourth-order valence-electron chi connectivity index (χ4n) is 2.44. The minimum absolute atomic E-state index is 0.0486. The third-order valence-corrected chi connectivity index (χ3v) is 4.50. The molecular weight excluding hydrogens is 474 g/mol. The summed E-state index contributed by atoms with van der Waals surface area (Å²) in [5.74, 6) is -0.973. The molecule has 174 valence electrons. The Hall–Kier alpha value is -3.77. The van der Waals surface area contributed by atoms with Gasteiger partial charge in [-0.05, 0) is 55.5 Å². The van der Waals surface area contributed by atoms with E-state index in [2.05, 4.69) is 21.5 Å². The highest BCUT2D eigenvalue weighted by Gasteiger charge is 2.17. The molecule has 0 fully saturated rings. The number of rotatable bonds is 8. The zero-order chi connectivity index (χ0) is 24.4. The number of benzene rings is 2. The normalized spacial score (nSPS) is 10.0. The Balaban J connectivity index is 1.73. The molecular formula is C20H20ClN5O6S. The summed E-state index contributed by atoms with van der Waals surface area (Å²) in [5.41, 5.74) is 4.65. The molecule has 0 aromatic heterocycles. The minimum Gasteiger partial charge on any atom is -0.494 e. The summed E-state index contributed by atoms with van der Waals surface area (Å²) in [4.78, 5) is 46.2. The van der Waals surface area contributed by atoms with Crippen LogP contribution in [-0.2, 0) is 9.59 Å². The molecule has 13 heteroatoms. The van der Waals surface area contributed by atoms with Gasteiger partial charge in [-0.3, -0.25) is 40.7 Å². The summed E-state index contributed by atoms with van der Waals surface area (Å²) in [6.45, 7) is 2.40. The SMILES string of the molecule is CCOc1ccc(NC(=O)CCC(=O)NNC(=S)NC(=O)c2ccc(Cl)c([N+](=O)[O-])c2)cc1. The summed E-state index contributed by atoms with van der Waals surface area (Å²) in [6.07, 6.45) is -0.232. The summed E-state index contributed by atoms with van der Waals surface area (Å²) in [6, 6.07) is 10.3. The molecule has 0 heterocycles. The van der Waals surface area contributed by atoms with Crippen LogP contribution >= 0.6 is 23.8 Å². The lowest BCUT2D eigenvalue weighted by molar-refractivity contribution is -0.384. The Morgan fingerprint density at radius 3 is 2.36 bits per heavy atom. The van der Waals surface area contributed by atoms with Crippen molar-refractivity contribution in [2.75, 3.05) is 11.9 Å². The lowest BCUT2D eigenvalue weighted by Gasteiger charge is -2.11. The van der Waals surface area contributed by atoms with Crippen molar-refractivity contribution in [3.63, 3.8) is 0 Å². The highest BCUT2D eigenvalue weighted by atomic mass is 35.5. The van der Waals surface area contributed by atoms with Gasteiger partial charge < -0.3 is 10.1 Å². The largest absolute Gasteiger partial charge is 0.494 e. The van der Waals surface area contributed by atoms with Crippen LogP contribution in [-0.4, -0.2) is 34.4 Å². The highest BCUT2D eigenvalue weighted by molar-refractivity contribution is 7.80. The van der Waals surface area contributed by atoms with Gasteiger partial charge in [0.2, 0.25) is 11.8 Å². The van der Waals surface area contributed by atoms with E-state index in [1.807, 2.05) is 6.92 Å². The molecule has 11 nitrogen and oxygen atoms in total. The van der Waals surface area contributed by atoms with Gasteiger partial charge in [0, 0.05) is 30.2 Å². The Bertz CT molecular complexity index is 1060. The summed E-state index contributed by atoms with van der Waals surface area (Å²) in [5, 5.41) is 15.5. The van der Waals surface area contributed by atoms with E-state index in [0.717, 1.165) is 6.07 Å². The smallest absolute Gasteiger partial charge is 0.288 e. The number of anilines is 1. The van der Waals surface area contributed by atoms with Gasteiger partial charge in [0.15, 0.2) is 5.11 Å². The van der Waals surface area contributed by atoms with Crippen molar-refractivity contribution < 1.29 is 24.0 Å². The Morgan fingerprint density at radius 1 is 1.06 bits per heavy atom. The van der Waals surface area contributed by atoms with Crippen LogP contribution in [0.1, 0.15) is 30.1 Å². The lowest BCUT2D eigenvalue weighted by atomic mass is 10.2. The predicted molar refractivity (Wildman–Crippen MR) is 125 cm³/mol. The number of hydrogen-bond donors (Lipinski definition) is 4. The van der Waals surface area contributed by atoms with Gasteiger partial charge in [0.25, 0.3) is 11.6 Å². The van der Waals surface area contributed by atoms with Gasteiger partial charge in [0.1, 0.15) is 10.8 Å². The molecule has 0 saturated heterocycles. The third-order valence-electron chi connectivity index (χ3n) is 3.98. The standard InChI is InChI=1S/C20H20ClN5O6S/c1-2-32-14-6-4-13(5-7-14)22-17(27)9-10-18(28)24-25-20(33)23-19(29)12-3-8-15(21)16(11-12)26(30)31/h3-8,11H,2,9-10H2,1H3,(H,22,27)(H,24,28)(H2,23,25,29,33). The van der Waals surface area contributed by atoms with Crippen molar-refractivity contribution in [1.82, 2.24) is 16.2 Å². The fraction of sp³-hybridized carbons (Fsp3) is 0.200. The van der Waals surface area contributed by atoms with Crippen molar-refractivity contribution in [1.29, 1.82) is 0 Å². The van der Waals surface area contributed by atoms with Crippen molar-refractivity contribution >= 4 is 58.0 Å². The number of ether oxygens (including phenoxy) is 1. The first-order valence-electron chi connectivity index (χ1n) is 9.56. The van der Waals surface area contributed by atoms with Crippen LogP contribution in [0.25, 0.3) is 0 Å². The van der Waals surface area contributed by atoms with Crippen LogP contribution in [0, 0.1) is 10.1 Å². The molecule has 0 bridgehead atoms. The van der Waals surface area contributed by atoms with E-state index in [1.165, 1.54) is 12.1 Å². The maximum atomic E-state index is 12.2. The van der Waals surface area contributed by atoms with Gasteiger partial charge in [-0.15, -0.1) is 0 Å². The molecule has 4 N–H and O–H groups in total. The van der Waals surface area contributed by atoms with E-state index in [4.69, 9.17) is 28.6 Å². The van der Waals surface area contributed by atoms with Gasteiger partial charge in [-0.2, -0.15) is 0 Å². The maximum Gasteiger partial charge on any atom is 0.288 e. The topological polar surface area (TPSA) is 152 Å². The number of nitrogens with zero attached hydrogens (tertiary/aromatic N) is 1. The lowest BCUT2D eigenvalue weighted by Crippen LogP contribution is -2.48. The molecule has 2 rings (SSSR count). The number of nitro groups is 1. The second-order valence-electron chi connectivity index (χ2n) is 6.39. The van der Waals surface area contributed by atoms with Gasteiger partial charge in [0.05, 0.1) is 11.5 Å². The van der Waals surface area contributed by atoms with Crippen molar-refractivity contribution in [3.8, 4) is 5.75 Å². The number of halogens is 1. The Kier molecular flexibility index (Phi) is 9.51. The molecule has 0 spiro atoms. The van der Waals surface area contributed by atoms with Crippen LogP contribution < -0.4 is 26.2 Å². The summed E-state index contributed by atoms with van der Waals surface area (Å²) in [7, 11) is 0. The van der Waals surface area contributed by atoms with Gasteiger partial charge in [-0.1, -0.05) is 11.6 Å². The molecule has 0 radical (unpaired) electrons. The first-order valence-corrected chi connectivity index (χ1v) is 10.3. The first-order chi connectivity index (χ1) is 15.7. The van der Waals surface area contributed by atoms with Crippen LogP contribution in [0.3, 0.4) is 0 Å². The maximum absolute atomic E-state index is 12.2. The number of hydrogen-bond acceptors (Lipinski definition) is 7. The second kappa shape index (κ2) is 12.3. The molecule has 2 aromatic rings. The third kappa shape index (κ3) is 8.35. The summed E-state index contributed by atoms with van der Waals surface area (Å²) < 4.78 is 5.32. The van der Waals surface area contributed by atoms with E-state index >= 15 is 0 Å². The number of thiocarbonyl (C=S) groups is 1. The number of nitro benzene ring substituents is 1. The van der Waals surface area contributed by atoms with Crippen LogP contribution in [0.4, 0.5) is 11.4 Å². The summed E-state index contributed by atoms with van der Waals surface area (Å²) >= 11 is 10.6. The van der Waals surface area contributed by atoms with E-state index in [9.17, 15) is 24.5 Å². The molecule has 0 saturated carbocycles. The first kappa shape index (κ1) is 25.5. The predicted octanol–water partition coefficient (Wildman–Crippen LogP) is 2.70. The Labute approximate surface area is 198 Å². The van der Waals surface area contributed by atoms with Crippen LogP contribution in [0.2, 0.25) is 5.02 Å². The fourth-order valence-corrected chi connectivity index (χ4v) is 2.77. The number of nitrogens with one attached hydrogen (secondary N) is 4. The van der Waals surface area contributed by atoms with E-state index in [-0.39, 0.29) is 34.4 Å². The van der Waals surface area contributed by atoms with Crippen molar-refractivity contribution in [2.24, 2.45) is 0 Å². The van der Waals surface area contributed by atoms with Gasteiger partial charge in [-0.25, -0.2) is 0 Å². The van der Waals surface area contributed by atoms with Crippen LogP contribution in [0.15, 0.2) is 42.5 Å². The monoisotopic (exact) mass is 493 g/mol. The van der Waals surface area contributed by atoms with E-state index in [0.29, 0.717) is 18.0 Å². The number of carbonyl (C=O) groups excluding carboxylic acids is 3. The minimum atomic E-state index is -0.740. The molecule has 0 aliphatic heterocycles. The second-order valence-corrected chi connectivity index (χ2v) is 7.20. The average molecular weight is 494 g/mol.